The van der Waals surface area contributed by atoms with E-state index in [9.17, 15) is 4.79 Å². The largest absolute Gasteiger partial charge is 1.00 e. The molecular weight excluding hydrogens is 171 g/mol. The van der Waals surface area contributed by atoms with Gasteiger partial charge in [-0.2, -0.15) is 0 Å². The van der Waals surface area contributed by atoms with E-state index < -0.39 is 5.97 Å². The van der Waals surface area contributed by atoms with Gasteiger partial charge in [0.25, 0.3) is 0 Å². The second-order valence-electron chi connectivity index (χ2n) is 1.74. The molecule has 0 saturated carbocycles. The topological polar surface area (TPSA) is 26.3 Å². The summed E-state index contributed by atoms with van der Waals surface area (Å²) < 4.78 is 4.19. The Morgan fingerprint density at radius 3 is 2.36 bits per heavy atom. The van der Waals surface area contributed by atoms with Gasteiger partial charge in [-0.1, -0.05) is 18.2 Å². The van der Waals surface area contributed by atoms with Crippen LogP contribution in [0.2, 0.25) is 0 Å². The molecule has 0 amide bonds. The Labute approximate surface area is 94.3 Å². The molecule has 1 aromatic rings. The van der Waals surface area contributed by atoms with E-state index in [1.165, 1.54) is 0 Å². The Morgan fingerprint density at radius 1 is 1.36 bits per heavy atom. The summed E-state index contributed by atoms with van der Waals surface area (Å²) in [5.41, 5.74) is 0.512. The number of carbonyl (C=O) groups excluding carboxylic acids is 1. The van der Waals surface area contributed by atoms with Crippen molar-refractivity contribution in [2.45, 2.75) is 0 Å². The van der Waals surface area contributed by atoms with Gasteiger partial charge in [0.05, 0.1) is 5.56 Å². The van der Waals surface area contributed by atoms with Gasteiger partial charge in [-0.25, -0.2) is 4.79 Å². The quantitative estimate of drug-likeness (QED) is 0.332. The molecule has 1 rings (SSSR count). The summed E-state index contributed by atoms with van der Waals surface area (Å²) >= 11 is 3.38. The molecule has 0 aliphatic heterocycles. The minimum atomic E-state index is -0.427. The first-order valence-corrected chi connectivity index (χ1v) is 3.12. The van der Waals surface area contributed by atoms with E-state index in [0.717, 1.165) is 0 Å². The third-order valence-electron chi connectivity index (χ3n) is 1.09. The van der Waals surface area contributed by atoms with Crippen molar-refractivity contribution < 1.29 is 40.0 Å². The maximum Gasteiger partial charge on any atom is 1.00 e. The van der Waals surface area contributed by atoms with Crippen molar-refractivity contribution in [3.8, 4) is 0 Å². The van der Waals surface area contributed by atoms with E-state index >= 15 is 0 Å². The fraction of sp³-hybridized carbons (Fsp3) is 0. The van der Waals surface area contributed by atoms with E-state index in [1.54, 1.807) is 24.3 Å². The second kappa shape index (κ2) is 5.66. The maximum atomic E-state index is 10.7. The van der Waals surface area contributed by atoms with Crippen molar-refractivity contribution in [3.63, 3.8) is 0 Å². The summed E-state index contributed by atoms with van der Waals surface area (Å²) in [6.07, 6.45) is 0. The van der Waals surface area contributed by atoms with Crippen molar-refractivity contribution in [3.05, 3.63) is 35.9 Å². The Bertz CT molecular complexity index is 230. The van der Waals surface area contributed by atoms with Crippen LogP contribution in [-0.2, 0) is 4.18 Å². The second-order valence-corrected chi connectivity index (χ2v) is 1.93. The maximum absolute atomic E-state index is 10.7. The van der Waals surface area contributed by atoms with Gasteiger partial charge in [-0.15, -0.1) is 0 Å². The van der Waals surface area contributed by atoms with E-state index in [1.807, 2.05) is 6.07 Å². The van der Waals surface area contributed by atoms with Crippen molar-refractivity contribution in [1.82, 2.24) is 0 Å². The molecule has 0 N–H and O–H groups in total. The van der Waals surface area contributed by atoms with Crippen LogP contribution in [0.3, 0.4) is 0 Å². The van der Waals surface area contributed by atoms with Crippen LogP contribution in [0.1, 0.15) is 11.8 Å². The number of carbonyl (C=O) groups is 1. The normalized spacial score (nSPS) is 8.09. The number of hydrogen-bond donors (Lipinski definition) is 1. The first-order chi connectivity index (χ1) is 4.84. The fourth-order valence-corrected chi connectivity index (χ4v) is 0.732. The number of rotatable bonds is 1. The summed E-state index contributed by atoms with van der Waals surface area (Å²) in [7, 11) is 0. The minimum Gasteiger partial charge on any atom is -1.00 e. The van der Waals surface area contributed by atoms with Crippen LogP contribution in [0.4, 0.5) is 0 Å². The van der Waals surface area contributed by atoms with Gasteiger partial charge >= 0.3 is 35.5 Å². The molecule has 11 heavy (non-hydrogen) atoms. The van der Waals surface area contributed by atoms with Crippen LogP contribution in [0.25, 0.3) is 0 Å². The van der Waals surface area contributed by atoms with Gasteiger partial charge in [0.2, 0.25) is 0 Å². The first-order valence-electron chi connectivity index (χ1n) is 2.75. The van der Waals surface area contributed by atoms with Gasteiger partial charge in [0.1, 0.15) is 0 Å². The van der Waals surface area contributed by atoms with Gasteiger partial charge in [-0.05, 0) is 12.1 Å². The zero-order valence-corrected chi connectivity index (χ0v) is 9.04. The number of hydrogen-bond acceptors (Lipinski definition) is 3. The molecule has 0 aromatic heterocycles. The van der Waals surface area contributed by atoms with E-state index in [-0.39, 0.29) is 31.0 Å². The zero-order valence-electron chi connectivity index (χ0n) is 7.15. The van der Waals surface area contributed by atoms with Crippen molar-refractivity contribution >= 4 is 18.9 Å². The van der Waals surface area contributed by atoms with Crippen LogP contribution >= 0.6 is 12.9 Å². The number of thiol groups is 1. The summed E-state index contributed by atoms with van der Waals surface area (Å²) in [6, 6.07) is 8.69. The Hall–Kier alpha value is 0.0400. The first kappa shape index (κ1) is 11.0. The number of benzene rings is 1. The van der Waals surface area contributed by atoms with Crippen LogP contribution in [0.5, 0.6) is 0 Å². The Morgan fingerprint density at radius 2 is 1.91 bits per heavy atom. The monoisotopic (exact) mass is 178 g/mol. The summed E-state index contributed by atoms with van der Waals surface area (Å²) in [6.45, 7) is 0. The Balaban J connectivity index is 0. The molecular formula is C7H7NaO2S. The Kier molecular flexibility index (Phi) is 5.68. The zero-order chi connectivity index (χ0) is 7.40. The van der Waals surface area contributed by atoms with E-state index in [0.29, 0.717) is 5.56 Å². The van der Waals surface area contributed by atoms with E-state index in [2.05, 4.69) is 17.1 Å². The third kappa shape index (κ3) is 3.29. The van der Waals surface area contributed by atoms with Gasteiger partial charge in [0.15, 0.2) is 0 Å². The van der Waals surface area contributed by atoms with Gasteiger partial charge in [-0.3, -0.25) is 0 Å². The standard InChI is InChI=1S/C7H6O2S.Na.H/c8-7(9-10)6-4-2-1-3-5-6;;/h1-5,10H;;/q;+1;-1. The van der Waals surface area contributed by atoms with Crippen LogP contribution < -0.4 is 29.6 Å². The molecule has 0 aliphatic rings. The van der Waals surface area contributed by atoms with Crippen molar-refractivity contribution in [2.75, 3.05) is 0 Å². The molecule has 0 atom stereocenters. The molecule has 0 fully saturated rings. The average Bonchev–Trinajstić information content (AvgIpc) is 2.05. The molecule has 4 heteroatoms. The molecule has 0 radical (unpaired) electrons. The molecule has 0 saturated heterocycles. The predicted octanol–water partition coefficient (Wildman–Crippen LogP) is -1.20. The summed E-state index contributed by atoms with van der Waals surface area (Å²) in [5.74, 6) is -0.427. The molecule has 2 nitrogen and oxygen atoms in total. The average molecular weight is 178 g/mol. The predicted molar refractivity (Wildman–Crippen MR) is 42.0 cm³/mol. The molecule has 0 bridgehead atoms. The van der Waals surface area contributed by atoms with Crippen LogP contribution in [0.15, 0.2) is 30.3 Å². The smallest absolute Gasteiger partial charge is 1.00 e. The van der Waals surface area contributed by atoms with Gasteiger partial charge < -0.3 is 5.61 Å². The molecule has 1 aromatic carbocycles. The van der Waals surface area contributed by atoms with Crippen LogP contribution in [0, 0.1) is 0 Å². The van der Waals surface area contributed by atoms with Crippen molar-refractivity contribution in [1.29, 1.82) is 0 Å². The fourth-order valence-electron chi connectivity index (χ4n) is 0.627. The minimum absolute atomic E-state index is 0. The molecule has 0 aliphatic carbocycles. The summed E-state index contributed by atoms with van der Waals surface area (Å²) in [5, 5.41) is 0. The van der Waals surface area contributed by atoms with Gasteiger partial charge in [0, 0.05) is 12.9 Å². The molecule has 0 unspecified atom stereocenters. The molecule has 0 heterocycles. The summed E-state index contributed by atoms with van der Waals surface area (Å²) in [4.78, 5) is 10.7. The third-order valence-corrected chi connectivity index (χ3v) is 1.26. The van der Waals surface area contributed by atoms with E-state index in [4.69, 9.17) is 0 Å². The van der Waals surface area contributed by atoms with Crippen LogP contribution in [-0.4, -0.2) is 5.97 Å². The van der Waals surface area contributed by atoms with Crippen molar-refractivity contribution in [2.24, 2.45) is 0 Å². The SMILES string of the molecule is O=C(OS)c1ccccc1.[H-].[Na+]. The molecule has 0 spiro atoms. The molecule has 54 valence electrons.